The molecule has 4 rings (SSSR count). The first kappa shape index (κ1) is 62.4. The zero-order chi connectivity index (χ0) is 55.8. The van der Waals surface area contributed by atoms with Crippen molar-refractivity contribution in [3.63, 3.8) is 0 Å². The number of nitrogens with one attached hydrogen (secondary N) is 3. The van der Waals surface area contributed by atoms with Crippen molar-refractivity contribution in [2.45, 2.75) is 166 Å². The van der Waals surface area contributed by atoms with E-state index in [0.29, 0.717) is 38.8 Å². The molecule has 6 amide bonds. The van der Waals surface area contributed by atoms with Crippen molar-refractivity contribution in [1.29, 1.82) is 0 Å². The van der Waals surface area contributed by atoms with Gasteiger partial charge >= 0.3 is 11.9 Å². The van der Waals surface area contributed by atoms with Crippen molar-refractivity contribution in [3.8, 4) is 0 Å². The first-order valence-corrected chi connectivity index (χ1v) is 27.7. The Balaban J connectivity index is 1.36. The third kappa shape index (κ3) is 16.5. The van der Waals surface area contributed by atoms with Crippen LogP contribution < -0.4 is 16.4 Å². The number of carboxylic acids is 2. The van der Waals surface area contributed by atoms with Gasteiger partial charge in [-0.3, -0.25) is 43.4 Å². The number of fused-ring (bicyclic) bond motifs is 1. The molecule has 2 fully saturated rings. The summed E-state index contributed by atoms with van der Waals surface area (Å²) in [4.78, 5) is 116. The molecule has 2 aromatic rings. The lowest BCUT2D eigenvalue weighted by Crippen LogP contribution is -2.60. The van der Waals surface area contributed by atoms with Crippen LogP contribution in [0.25, 0.3) is 10.9 Å². The molecule has 3 heterocycles. The molecule has 0 aliphatic carbocycles. The first-order valence-electron chi connectivity index (χ1n) is 26.6. The maximum atomic E-state index is 14.7. The number of amides is 6. The lowest BCUT2D eigenvalue weighted by Gasteiger charge is -2.41. The van der Waals surface area contributed by atoms with E-state index in [0.717, 1.165) is 47.5 Å². The predicted octanol–water partition coefficient (Wildman–Crippen LogP) is 4.13. The van der Waals surface area contributed by atoms with Gasteiger partial charge in [-0.2, -0.15) is 0 Å². The van der Waals surface area contributed by atoms with Gasteiger partial charge in [0.1, 0.15) is 18.1 Å². The van der Waals surface area contributed by atoms with Crippen LogP contribution in [0.1, 0.15) is 112 Å². The number of para-hydroxylation sites is 1. The topological polar surface area (TPSA) is 274 Å². The number of nitrogens with two attached hydrogens (primary N) is 1. The number of thioether (sulfide) groups is 1. The molecule has 2 aliphatic heterocycles. The molecule has 75 heavy (non-hydrogen) atoms. The van der Waals surface area contributed by atoms with Crippen LogP contribution in [0.15, 0.2) is 30.5 Å². The molecule has 1 aromatic heterocycles. The van der Waals surface area contributed by atoms with Crippen molar-refractivity contribution < 1.29 is 58.0 Å². The van der Waals surface area contributed by atoms with Crippen molar-refractivity contribution in [2.75, 3.05) is 53.7 Å². The van der Waals surface area contributed by atoms with Gasteiger partial charge in [-0.25, -0.2) is 4.79 Å². The quantitative estimate of drug-likeness (QED) is 0.0444. The second-order valence-electron chi connectivity index (χ2n) is 21.2. The normalized spacial score (nSPS) is 19.7. The summed E-state index contributed by atoms with van der Waals surface area (Å²) in [6.07, 6.45) is 5.11. The van der Waals surface area contributed by atoms with E-state index in [2.05, 4.69) is 15.6 Å². The summed E-state index contributed by atoms with van der Waals surface area (Å²) < 4.78 is 12.0. The molecule has 2 aliphatic rings. The van der Waals surface area contributed by atoms with Crippen molar-refractivity contribution >= 4 is 70.0 Å². The molecule has 0 bridgehead atoms. The molecular weight excluding hydrogens is 985 g/mol. The van der Waals surface area contributed by atoms with Crippen LogP contribution in [0.3, 0.4) is 0 Å². The van der Waals surface area contributed by atoms with E-state index in [-0.39, 0.29) is 78.8 Å². The predicted molar refractivity (Wildman–Crippen MR) is 287 cm³/mol. The van der Waals surface area contributed by atoms with Crippen LogP contribution in [0, 0.1) is 23.7 Å². The molecular formula is C54H86N8O12S. The zero-order valence-corrected chi connectivity index (χ0v) is 46.9. The Morgan fingerprint density at radius 2 is 1.59 bits per heavy atom. The number of nitrogens with zero attached hydrogens (tertiary/aromatic N) is 4. The summed E-state index contributed by atoms with van der Waals surface area (Å²) in [5.74, 6) is -5.51. The minimum absolute atomic E-state index is 0.0304. The molecule has 11 atom stereocenters. The van der Waals surface area contributed by atoms with E-state index in [9.17, 15) is 43.5 Å². The van der Waals surface area contributed by atoms with Gasteiger partial charge in [0.15, 0.2) is 0 Å². The largest absolute Gasteiger partial charge is 0.480 e. The number of hydrogen-bond donors (Lipinski definition) is 6. The van der Waals surface area contributed by atoms with Crippen LogP contribution in [-0.4, -0.2) is 190 Å². The highest BCUT2D eigenvalue weighted by Gasteiger charge is 2.44. The highest BCUT2D eigenvalue weighted by molar-refractivity contribution is 8.00. The number of carboxylic acid groups (broad SMARTS) is 2. The zero-order valence-electron chi connectivity index (χ0n) is 46.0. The van der Waals surface area contributed by atoms with Crippen LogP contribution in [-0.2, 0) is 54.3 Å². The van der Waals surface area contributed by atoms with Crippen molar-refractivity contribution in [2.24, 2.45) is 29.4 Å². The fourth-order valence-corrected chi connectivity index (χ4v) is 11.9. The second-order valence-corrected chi connectivity index (χ2v) is 22.5. The Labute approximate surface area is 447 Å². The fraction of sp³-hybridized carbons (Fsp3) is 0.704. The summed E-state index contributed by atoms with van der Waals surface area (Å²) >= 11 is 1.10. The Morgan fingerprint density at radius 1 is 0.907 bits per heavy atom. The van der Waals surface area contributed by atoms with E-state index < -0.39 is 77.5 Å². The van der Waals surface area contributed by atoms with Gasteiger partial charge in [0.05, 0.1) is 47.9 Å². The van der Waals surface area contributed by atoms with Crippen LogP contribution >= 0.6 is 11.8 Å². The number of aliphatic carboxylic acids is 2. The van der Waals surface area contributed by atoms with Crippen LogP contribution in [0.4, 0.5) is 0 Å². The number of aromatic nitrogens is 1. The highest BCUT2D eigenvalue weighted by Crippen LogP contribution is 2.31. The summed E-state index contributed by atoms with van der Waals surface area (Å²) in [7, 11) is 6.58. The number of likely N-dealkylation sites (N-methyl/N-ethyl adjacent to an activating group) is 2. The number of hydrogen-bond acceptors (Lipinski definition) is 13. The fourth-order valence-electron chi connectivity index (χ4n) is 10.7. The molecule has 1 aromatic carbocycles. The summed E-state index contributed by atoms with van der Waals surface area (Å²) in [5, 5.41) is 25.3. The highest BCUT2D eigenvalue weighted by atomic mass is 32.2. The van der Waals surface area contributed by atoms with E-state index >= 15 is 0 Å². The molecule has 1 unspecified atom stereocenters. The molecule has 0 saturated carbocycles. The average molecular weight is 1070 g/mol. The average Bonchev–Trinajstić information content (AvgIpc) is 4.09. The number of methoxy groups -OCH3 is 2. The van der Waals surface area contributed by atoms with Gasteiger partial charge in [0.2, 0.25) is 35.4 Å². The maximum absolute atomic E-state index is 14.7. The van der Waals surface area contributed by atoms with Crippen LogP contribution in [0.2, 0.25) is 0 Å². The molecule has 420 valence electrons. The number of H-pyrrole nitrogens is 1. The standard InChI is InChI=1S/C54H86N8O12S/c1-12-33(6)47(41(73-10)27-43(63)61-25-19-22-40(61)48(74-11)34(7)49(65)57-39(54(71)72)26-35-29-56-38-21-16-15-20-36(35)38)60(9)52(68)45(31(2)3)58-50(66)46(32(4)5)59(8)23-17-13-14-18-24-62-44(64)28-42(51(62)67)75-30-37(55)53(69)70/h15-16,20-21,29,31-34,37,39-42,45-48,56H,12-14,17-19,22-28,30,55H2,1-11H3,(H,57,65)(H,58,66)(H,69,70)(H,71,72)/t33-,34+,37-,39-,40-,41+,42?,45-,46-,47-,48+/m0/s1. The molecule has 20 nitrogen and oxygen atoms in total. The Hall–Kier alpha value is -5.09. The van der Waals surface area contributed by atoms with Crippen LogP contribution in [0.5, 0.6) is 0 Å². The first-order chi connectivity index (χ1) is 35.5. The van der Waals surface area contributed by atoms with Gasteiger partial charge in [-0.15, -0.1) is 11.8 Å². The molecule has 0 radical (unpaired) electrons. The molecule has 2 saturated heterocycles. The molecule has 21 heteroatoms. The number of unbranched alkanes of at least 4 members (excludes halogenated alkanes) is 3. The minimum atomic E-state index is -1.20. The number of rotatable bonds is 32. The monoisotopic (exact) mass is 1070 g/mol. The number of ether oxygens (including phenoxy) is 2. The lowest BCUT2D eigenvalue weighted by molar-refractivity contribution is -0.148. The van der Waals surface area contributed by atoms with Crippen molar-refractivity contribution in [1.82, 2.24) is 35.2 Å². The van der Waals surface area contributed by atoms with Gasteiger partial charge in [0, 0.05) is 70.1 Å². The number of carbonyl (C=O) groups is 8. The Kier molecular flexibility index (Phi) is 24.5. The number of aromatic amines is 1. The summed E-state index contributed by atoms with van der Waals surface area (Å²) in [6, 6.07) is 2.75. The SMILES string of the molecule is CC[C@H](C)[C@@H]([C@@H](CC(=O)N1CCC[C@H]1[C@H](OC)[C@@H](C)C(=O)N[C@@H](Cc1c[nH]c2ccccc12)C(=O)O)OC)N(C)C(=O)[C@@H](NC(=O)[C@H](C(C)C)N(C)CCCCCCN1C(=O)CC(SC[C@H](N)C(=O)O)C1=O)C(C)C. The molecule has 0 spiro atoms. The number of likely N-dealkylation sites (tertiary alicyclic amines) is 2. The van der Waals surface area contributed by atoms with E-state index in [1.807, 2.05) is 77.8 Å². The van der Waals surface area contributed by atoms with Gasteiger partial charge in [0.25, 0.3) is 0 Å². The number of benzene rings is 1. The van der Waals surface area contributed by atoms with E-state index in [4.69, 9.17) is 20.3 Å². The number of imide groups is 1. The lowest BCUT2D eigenvalue weighted by atomic mass is 9.89. The molecule has 7 N–H and O–H groups in total. The summed E-state index contributed by atoms with van der Waals surface area (Å²) in [5.41, 5.74) is 7.20. The second kappa shape index (κ2) is 29.4. The van der Waals surface area contributed by atoms with Crippen molar-refractivity contribution in [3.05, 3.63) is 36.0 Å². The van der Waals surface area contributed by atoms with E-state index in [1.54, 1.807) is 30.0 Å². The number of carbonyl (C=O) groups excluding carboxylic acids is 6. The van der Waals surface area contributed by atoms with E-state index in [1.165, 1.54) is 19.1 Å². The minimum Gasteiger partial charge on any atom is -0.480 e. The third-order valence-electron chi connectivity index (χ3n) is 15.2. The Morgan fingerprint density at radius 3 is 2.20 bits per heavy atom. The Bertz CT molecular complexity index is 2260. The summed E-state index contributed by atoms with van der Waals surface area (Å²) in [6.45, 7) is 14.7. The smallest absolute Gasteiger partial charge is 0.326 e. The van der Waals surface area contributed by atoms with Gasteiger partial charge in [-0.05, 0) is 68.7 Å². The van der Waals surface area contributed by atoms with Gasteiger partial charge < -0.3 is 50.8 Å². The third-order valence-corrected chi connectivity index (χ3v) is 16.5. The van der Waals surface area contributed by atoms with Gasteiger partial charge in [-0.1, -0.05) is 85.9 Å². The maximum Gasteiger partial charge on any atom is 0.326 e.